The second kappa shape index (κ2) is 4.83. The molecule has 18 heavy (non-hydrogen) atoms. The molecule has 2 heterocycles. The van der Waals surface area contributed by atoms with Crippen LogP contribution >= 0.6 is 0 Å². The predicted octanol–water partition coefficient (Wildman–Crippen LogP) is 0.919. The van der Waals surface area contributed by atoms with Gasteiger partial charge in [-0.3, -0.25) is 14.0 Å². The normalized spacial score (nSPS) is 10.3. The average Bonchev–Trinajstić information content (AvgIpc) is 2.37. The number of carbonyl (C=O) groups is 1. The van der Waals surface area contributed by atoms with Crippen molar-refractivity contribution in [3.8, 4) is 0 Å². The van der Waals surface area contributed by atoms with Gasteiger partial charge in [0.05, 0.1) is 0 Å². The number of amides is 1. The van der Waals surface area contributed by atoms with Crippen LogP contribution in [0.4, 0.5) is 0 Å². The van der Waals surface area contributed by atoms with E-state index in [0.29, 0.717) is 12.2 Å². The van der Waals surface area contributed by atoms with Gasteiger partial charge in [-0.25, -0.2) is 4.98 Å². The number of carbonyl (C=O) groups excluding carboxylic acids is 1. The van der Waals surface area contributed by atoms with Gasteiger partial charge in [0, 0.05) is 18.9 Å². The van der Waals surface area contributed by atoms with E-state index in [1.807, 2.05) is 13.0 Å². The molecule has 0 aliphatic rings. The summed E-state index contributed by atoms with van der Waals surface area (Å²) in [6.07, 6.45) is 4.51. The van der Waals surface area contributed by atoms with Gasteiger partial charge in [0.15, 0.2) is 0 Å². The van der Waals surface area contributed by atoms with Crippen LogP contribution in [0.5, 0.6) is 0 Å². The van der Waals surface area contributed by atoms with Crippen molar-refractivity contribution in [1.29, 1.82) is 0 Å². The summed E-state index contributed by atoms with van der Waals surface area (Å²) in [5.74, 6) is -0.441. The monoisotopic (exact) mass is 243 g/mol. The number of aryl methyl sites for hydroxylation is 1. The standard InChI is InChI=1S/C13H13N3O2/c1-3-6-14-12(17)10-7-15-11-5-4-9(2)8-16(11)13(10)18/h3-5,7-8H,1,6H2,2H3,(H,14,17). The zero-order chi connectivity index (χ0) is 13.1. The summed E-state index contributed by atoms with van der Waals surface area (Å²) >= 11 is 0. The molecule has 0 aromatic carbocycles. The first-order valence-corrected chi connectivity index (χ1v) is 5.50. The van der Waals surface area contributed by atoms with E-state index in [-0.39, 0.29) is 11.1 Å². The molecule has 5 nitrogen and oxygen atoms in total. The fourth-order valence-electron chi connectivity index (χ4n) is 1.60. The van der Waals surface area contributed by atoms with Gasteiger partial charge in [-0.2, -0.15) is 0 Å². The molecule has 0 saturated heterocycles. The molecule has 0 unspecified atom stereocenters. The zero-order valence-corrected chi connectivity index (χ0v) is 10.0. The van der Waals surface area contributed by atoms with Gasteiger partial charge in [-0.1, -0.05) is 12.1 Å². The lowest BCUT2D eigenvalue weighted by Gasteiger charge is -2.05. The molecule has 0 radical (unpaired) electrons. The van der Waals surface area contributed by atoms with Crippen molar-refractivity contribution in [1.82, 2.24) is 14.7 Å². The first kappa shape index (κ1) is 12.0. The number of fused-ring (bicyclic) bond motifs is 1. The maximum atomic E-state index is 12.1. The lowest BCUT2D eigenvalue weighted by molar-refractivity contribution is 0.0956. The van der Waals surface area contributed by atoms with Gasteiger partial charge < -0.3 is 5.32 Å². The van der Waals surface area contributed by atoms with E-state index in [4.69, 9.17) is 0 Å². The van der Waals surface area contributed by atoms with Gasteiger partial charge >= 0.3 is 0 Å². The highest BCUT2D eigenvalue weighted by Crippen LogP contribution is 2.01. The van der Waals surface area contributed by atoms with Crippen molar-refractivity contribution < 1.29 is 4.79 Å². The van der Waals surface area contributed by atoms with Crippen molar-refractivity contribution in [2.45, 2.75) is 6.92 Å². The fraction of sp³-hybridized carbons (Fsp3) is 0.154. The molecular formula is C13H13N3O2. The van der Waals surface area contributed by atoms with E-state index >= 15 is 0 Å². The maximum absolute atomic E-state index is 12.1. The molecule has 92 valence electrons. The first-order valence-electron chi connectivity index (χ1n) is 5.50. The van der Waals surface area contributed by atoms with Crippen molar-refractivity contribution in [2.75, 3.05) is 6.54 Å². The third-order valence-corrected chi connectivity index (χ3v) is 2.50. The Hall–Kier alpha value is -2.43. The Labute approximate surface area is 104 Å². The molecule has 2 aromatic rings. The fourth-order valence-corrected chi connectivity index (χ4v) is 1.60. The molecule has 0 saturated carbocycles. The molecule has 0 atom stereocenters. The first-order chi connectivity index (χ1) is 8.63. The number of rotatable bonds is 3. The van der Waals surface area contributed by atoms with Gasteiger partial charge in [0.2, 0.25) is 0 Å². The second-order valence-electron chi connectivity index (χ2n) is 3.91. The predicted molar refractivity (Wildman–Crippen MR) is 68.7 cm³/mol. The SMILES string of the molecule is C=CCNC(=O)c1cnc2ccc(C)cn2c1=O. The maximum Gasteiger partial charge on any atom is 0.270 e. The summed E-state index contributed by atoms with van der Waals surface area (Å²) < 4.78 is 1.37. The summed E-state index contributed by atoms with van der Waals surface area (Å²) in [6, 6.07) is 3.60. The number of pyridine rings is 1. The van der Waals surface area contributed by atoms with E-state index in [2.05, 4.69) is 16.9 Å². The van der Waals surface area contributed by atoms with E-state index in [1.165, 1.54) is 10.6 Å². The van der Waals surface area contributed by atoms with Crippen LogP contribution in [0.1, 0.15) is 15.9 Å². The zero-order valence-electron chi connectivity index (χ0n) is 10.0. The van der Waals surface area contributed by atoms with Crippen LogP contribution in [-0.2, 0) is 0 Å². The minimum atomic E-state index is -0.441. The molecule has 5 heteroatoms. The minimum Gasteiger partial charge on any atom is -0.348 e. The van der Waals surface area contributed by atoms with Crippen LogP contribution in [0.15, 0.2) is 42.0 Å². The molecule has 1 N–H and O–H groups in total. The molecule has 0 aliphatic carbocycles. The van der Waals surface area contributed by atoms with Crippen molar-refractivity contribution in [2.24, 2.45) is 0 Å². The third-order valence-electron chi connectivity index (χ3n) is 2.50. The summed E-state index contributed by atoms with van der Waals surface area (Å²) in [6.45, 7) is 5.68. The third kappa shape index (κ3) is 2.15. The number of nitrogens with one attached hydrogen (secondary N) is 1. The van der Waals surface area contributed by atoms with Gasteiger partial charge in [0.1, 0.15) is 11.2 Å². The molecule has 2 aromatic heterocycles. The molecule has 1 amide bonds. The number of hydrogen-bond acceptors (Lipinski definition) is 3. The van der Waals surface area contributed by atoms with Crippen LogP contribution in [0.3, 0.4) is 0 Å². The second-order valence-corrected chi connectivity index (χ2v) is 3.91. The number of nitrogens with zero attached hydrogens (tertiary/aromatic N) is 2. The van der Waals surface area contributed by atoms with Crippen LogP contribution in [0, 0.1) is 6.92 Å². The molecule has 0 spiro atoms. The molecule has 0 aliphatic heterocycles. The Bertz CT molecular complexity index is 673. The Kier molecular flexibility index (Phi) is 3.23. The Morgan fingerprint density at radius 3 is 3.06 bits per heavy atom. The highest BCUT2D eigenvalue weighted by Gasteiger charge is 2.12. The van der Waals surface area contributed by atoms with Gasteiger partial charge in [0.25, 0.3) is 11.5 Å². The lowest BCUT2D eigenvalue weighted by atomic mass is 10.2. The summed E-state index contributed by atoms with van der Waals surface area (Å²) in [7, 11) is 0. The lowest BCUT2D eigenvalue weighted by Crippen LogP contribution is -2.31. The highest BCUT2D eigenvalue weighted by atomic mass is 16.2. The van der Waals surface area contributed by atoms with Crippen LogP contribution in [0.2, 0.25) is 0 Å². The van der Waals surface area contributed by atoms with Crippen molar-refractivity contribution in [3.05, 3.63) is 58.7 Å². The number of aromatic nitrogens is 2. The minimum absolute atomic E-state index is 0.0277. The Morgan fingerprint density at radius 1 is 1.56 bits per heavy atom. The van der Waals surface area contributed by atoms with E-state index in [9.17, 15) is 9.59 Å². The average molecular weight is 243 g/mol. The van der Waals surface area contributed by atoms with Crippen LogP contribution in [-0.4, -0.2) is 21.8 Å². The Balaban J connectivity index is 2.53. The van der Waals surface area contributed by atoms with Gasteiger partial charge in [-0.05, 0) is 18.6 Å². The summed E-state index contributed by atoms with van der Waals surface area (Å²) in [4.78, 5) is 28.0. The van der Waals surface area contributed by atoms with Crippen molar-refractivity contribution in [3.63, 3.8) is 0 Å². The summed E-state index contributed by atoms with van der Waals surface area (Å²) in [5, 5.41) is 2.56. The number of hydrogen-bond donors (Lipinski definition) is 1. The smallest absolute Gasteiger partial charge is 0.270 e. The van der Waals surface area contributed by atoms with Crippen LogP contribution in [0.25, 0.3) is 5.65 Å². The quantitative estimate of drug-likeness (QED) is 0.815. The summed E-state index contributed by atoms with van der Waals surface area (Å²) in [5.41, 5.74) is 1.10. The molecule has 0 bridgehead atoms. The van der Waals surface area contributed by atoms with E-state index in [1.54, 1.807) is 18.3 Å². The highest BCUT2D eigenvalue weighted by molar-refractivity contribution is 5.93. The van der Waals surface area contributed by atoms with E-state index < -0.39 is 5.91 Å². The van der Waals surface area contributed by atoms with Gasteiger partial charge in [-0.15, -0.1) is 6.58 Å². The molecule has 2 rings (SSSR count). The largest absolute Gasteiger partial charge is 0.348 e. The molecule has 0 fully saturated rings. The van der Waals surface area contributed by atoms with E-state index in [0.717, 1.165) is 5.56 Å². The van der Waals surface area contributed by atoms with Crippen LogP contribution < -0.4 is 10.9 Å². The topological polar surface area (TPSA) is 63.5 Å². The van der Waals surface area contributed by atoms with Crippen molar-refractivity contribution >= 4 is 11.6 Å². The Morgan fingerprint density at radius 2 is 2.33 bits per heavy atom. The molecular weight excluding hydrogens is 230 g/mol.